The highest BCUT2D eigenvalue weighted by Crippen LogP contribution is 2.35. The average Bonchev–Trinajstić information content (AvgIpc) is 2.05. The van der Waals surface area contributed by atoms with Crippen molar-refractivity contribution in [2.45, 2.75) is 17.7 Å². The van der Waals surface area contributed by atoms with E-state index in [0.717, 1.165) is 12.7 Å². The number of rotatable bonds is 2. The number of alkyl halides is 1. The Morgan fingerprint density at radius 2 is 2.36 bits per heavy atom. The molecule has 0 aromatic carbocycles. The van der Waals surface area contributed by atoms with Crippen molar-refractivity contribution < 1.29 is 4.79 Å². The Labute approximate surface area is 75.3 Å². The van der Waals surface area contributed by atoms with Crippen molar-refractivity contribution in [3.05, 3.63) is 24.3 Å². The van der Waals surface area contributed by atoms with Gasteiger partial charge in [0.05, 0.1) is 10.2 Å². The molecule has 0 radical (unpaired) electrons. The van der Waals surface area contributed by atoms with Crippen LogP contribution >= 0.6 is 15.9 Å². The van der Waals surface area contributed by atoms with Gasteiger partial charge in [-0.25, -0.2) is 0 Å². The molecule has 1 aliphatic rings. The molecule has 0 aromatic heterocycles. The smallest absolute Gasteiger partial charge is 0.128 e. The summed E-state index contributed by atoms with van der Waals surface area (Å²) >= 11 is 3.55. The zero-order chi connectivity index (χ0) is 8.32. The largest absolute Gasteiger partial charge is 0.303 e. The molecule has 0 saturated heterocycles. The van der Waals surface area contributed by atoms with Crippen molar-refractivity contribution in [1.82, 2.24) is 0 Å². The Bertz CT molecular complexity index is 208. The van der Waals surface area contributed by atoms with Crippen molar-refractivity contribution in [1.29, 1.82) is 0 Å². The highest BCUT2D eigenvalue weighted by molar-refractivity contribution is 9.10. The first-order chi connectivity index (χ1) is 5.23. The number of allylic oxidation sites excluding steroid dienone is 4. The molecule has 0 aromatic rings. The van der Waals surface area contributed by atoms with Gasteiger partial charge in [0.2, 0.25) is 0 Å². The van der Waals surface area contributed by atoms with E-state index in [1.54, 1.807) is 0 Å². The van der Waals surface area contributed by atoms with E-state index in [1.807, 2.05) is 24.3 Å². The van der Waals surface area contributed by atoms with Crippen LogP contribution < -0.4 is 0 Å². The van der Waals surface area contributed by atoms with Crippen LogP contribution in [0.3, 0.4) is 0 Å². The maximum absolute atomic E-state index is 10.6. The summed E-state index contributed by atoms with van der Waals surface area (Å²) < 4.78 is -0.135. The maximum atomic E-state index is 10.6. The zero-order valence-electron chi connectivity index (χ0n) is 6.46. The molecule has 60 valence electrons. The standard InChI is InChI=1S/C9H11BrO/c1-2-9(10)6-4-3-5-8(9)7-11/h3-8H,2H2,1H3. The fraction of sp³-hybridized carbons (Fsp3) is 0.444. The van der Waals surface area contributed by atoms with Gasteiger partial charge in [-0.15, -0.1) is 0 Å². The van der Waals surface area contributed by atoms with E-state index >= 15 is 0 Å². The molecule has 0 N–H and O–H groups in total. The van der Waals surface area contributed by atoms with Gasteiger partial charge in [-0.05, 0) is 6.42 Å². The van der Waals surface area contributed by atoms with Crippen molar-refractivity contribution >= 4 is 22.2 Å². The monoisotopic (exact) mass is 214 g/mol. The number of hydrogen-bond acceptors (Lipinski definition) is 1. The average molecular weight is 215 g/mol. The predicted octanol–water partition coefficient (Wildman–Crippen LogP) is 2.47. The molecular weight excluding hydrogens is 204 g/mol. The zero-order valence-corrected chi connectivity index (χ0v) is 8.04. The Hall–Kier alpha value is -0.370. The first kappa shape index (κ1) is 8.72. The van der Waals surface area contributed by atoms with Gasteiger partial charge in [0.1, 0.15) is 6.29 Å². The number of hydrogen-bond donors (Lipinski definition) is 0. The van der Waals surface area contributed by atoms with Crippen molar-refractivity contribution in [3.8, 4) is 0 Å². The van der Waals surface area contributed by atoms with Gasteiger partial charge in [0.15, 0.2) is 0 Å². The molecule has 0 spiro atoms. The molecule has 0 heterocycles. The fourth-order valence-corrected chi connectivity index (χ4v) is 1.60. The third-order valence-corrected chi connectivity index (χ3v) is 3.40. The van der Waals surface area contributed by atoms with Crippen LogP contribution in [0.5, 0.6) is 0 Å². The summed E-state index contributed by atoms with van der Waals surface area (Å²) in [4.78, 5) is 10.6. The third-order valence-electron chi connectivity index (χ3n) is 2.05. The van der Waals surface area contributed by atoms with E-state index in [1.165, 1.54) is 0 Å². The molecule has 2 heteroatoms. The van der Waals surface area contributed by atoms with E-state index in [2.05, 4.69) is 22.9 Å². The van der Waals surface area contributed by atoms with E-state index in [4.69, 9.17) is 0 Å². The van der Waals surface area contributed by atoms with Crippen LogP contribution in [0, 0.1) is 5.92 Å². The minimum Gasteiger partial charge on any atom is -0.303 e. The Morgan fingerprint density at radius 1 is 1.64 bits per heavy atom. The molecule has 1 rings (SSSR count). The van der Waals surface area contributed by atoms with Gasteiger partial charge in [-0.1, -0.05) is 47.2 Å². The molecule has 0 bridgehead atoms. The topological polar surface area (TPSA) is 17.1 Å². The van der Waals surface area contributed by atoms with Crippen molar-refractivity contribution in [2.24, 2.45) is 5.92 Å². The number of aldehydes is 1. The number of halogens is 1. The maximum Gasteiger partial charge on any atom is 0.128 e. The summed E-state index contributed by atoms with van der Waals surface area (Å²) in [5.41, 5.74) is 0. The Morgan fingerprint density at radius 3 is 2.82 bits per heavy atom. The van der Waals surface area contributed by atoms with Crippen LogP contribution in [-0.2, 0) is 4.79 Å². The van der Waals surface area contributed by atoms with E-state index in [9.17, 15) is 4.79 Å². The minimum atomic E-state index is -0.135. The number of carbonyl (C=O) groups excluding carboxylic acids is 1. The van der Waals surface area contributed by atoms with Gasteiger partial charge in [0.25, 0.3) is 0 Å². The normalized spacial score (nSPS) is 35.6. The molecule has 0 amide bonds. The van der Waals surface area contributed by atoms with Gasteiger partial charge in [0, 0.05) is 0 Å². The molecule has 1 aliphatic carbocycles. The molecular formula is C9H11BrO. The highest BCUT2D eigenvalue weighted by atomic mass is 79.9. The van der Waals surface area contributed by atoms with Crippen LogP contribution in [0.2, 0.25) is 0 Å². The van der Waals surface area contributed by atoms with Crippen LogP contribution in [0.4, 0.5) is 0 Å². The summed E-state index contributed by atoms with van der Waals surface area (Å²) in [5.74, 6) is -0.0162. The van der Waals surface area contributed by atoms with Gasteiger partial charge >= 0.3 is 0 Å². The van der Waals surface area contributed by atoms with Crippen LogP contribution in [0.25, 0.3) is 0 Å². The fourth-order valence-electron chi connectivity index (χ4n) is 1.18. The third kappa shape index (κ3) is 1.62. The first-order valence-corrected chi connectivity index (χ1v) is 4.52. The Balaban J connectivity index is 2.85. The minimum absolute atomic E-state index is 0.0162. The molecule has 0 fully saturated rings. The second-order valence-corrected chi connectivity index (χ2v) is 4.16. The lowest BCUT2D eigenvalue weighted by molar-refractivity contribution is -0.110. The second-order valence-electron chi connectivity index (χ2n) is 2.69. The van der Waals surface area contributed by atoms with Crippen LogP contribution in [-0.4, -0.2) is 10.6 Å². The quantitative estimate of drug-likeness (QED) is 0.510. The summed E-state index contributed by atoms with van der Waals surface area (Å²) in [5, 5.41) is 0. The summed E-state index contributed by atoms with van der Waals surface area (Å²) in [6.07, 6.45) is 9.75. The van der Waals surface area contributed by atoms with Crippen LogP contribution in [0.15, 0.2) is 24.3 Å². The number of carbonyl (C=O) groups is 1. The van der Waals surface area contributed by atoms with E-state index in [-0.39, 0.29) is 10.2 Å². The summed E-state index contributed by atoms with van der Waals surface area (Å²) in [7, 11) is 0. The predicted molar refractivity (Wildman–Crippen MR) is 49.8 cm³/mol. The van der Waals surface area contributed by atoms with Gasteiger partial charge in [-0.2, -0.15) is 0 Å². The summed E-state index contributed by atoms with van der Waals surface area (Å²) in [6, 6.07) is 0. The van der Waals surface area contributed by atoms with Gasteiger partial charge < -0.3 is 4.79 Å². The first-order valence-electron chi connectivity index (χ1n) is 3.73. The van der Waals surface area contributed by atoms with Gasteiger partial charge in [-0.3, -0.25) is 0 Å². The van der Waals surface area contributed by atoms with E-state index < -0.39 is 0 Å². The molecule has 2 unspecified atom stereocenters. The molecule has 11 heavy (non-hydrogen) atoms. The van der Waals surface area contributed by atoms with Crippen LogP contribution in [0.1, 0.15) is 13.3 Å². The van der Waals surface area contributed by atoms with Crippen molar-refractivity contribution in [2.75, 3.05) is 0 Å². The van der Waals surface area contributed by atoms with E-state index in [0.29, 0.717) is 0 Å². The lowest BCUT2D eigenvalue weighted by atomic mass is 9.87. The van der Waals surface area contributed by atoms with Crippen molar-refractivity contribution in [3.63, 3.8) is 0 Å². The molecule has 1 nitrogen and oxygen atoms in total. The SMILES string of the molecule is CCC1(Br)C=CC=CC1C=O. The Kier molecular flexibility index (Phi) is 2.66. The molecule has 0 saturated carbocycles. The molecule has 2 atom stereocenters. The lowest BCUT2D eigenvalue weighted by Gasteiger charge is -2.28. The summed E-state index contributed by atoms with van der Waals surface area (Å²) in [6.45, 7) is 2.06. The lowest BCUT2D eigenvalue weighted by Crippen LogP contribution is -2.29. The molecule has 0 aliphatic heterocycles. The second kappa shape index (κ2) is 3.35. The highest BCUT2D eigenvalue weighted by Gasteiger charge is 2.31.